The Morgan fingerprint density at radius 1 is 0.714 bits per heavy atom. The van der Waals surface area contributed by atoms with Crippen molar-refractivity contribution in [3.63, 3.8) is 0 Å². The first kappa shape index (κ1) is 20.0. The van der Waals surface area contributed by atoms with Gasteiger partial charge in [0, 0.05) is 11.6 Å². The maximum atomic E-state index is 6.79. The molecule has 0 spiro atoms. The van der Waals surface area contributed by atoms with Crippen LogP contribution in [0.5, 0.6) is 17.2 Å². The largest absolute Gasteiger partial charge is 0.530 e. The molecular weight excluding hydrogens is 364 g/mol. The van der Waals surface area contributed by atoms with Crippen molar-refractivity contribution in [2.45, 2.75) is 26.2 Å². The molecule has 0 saturated carbocycles. The summed E-state index contributed by atoms with van der Waals surface area (Å²) < 4.78 is 18.0. The fraction of sp³-hybridized carbons (Fsp3) is 0.250. The average Bonchev–Trinajstić information content (AvgIpc) is 2.72. The van der Waals surface area contributed by atoms with E-state index >= 15 is 0 Å². The minimum absolute atomic E-state index is 0.127. The summed E-state index contributed by atoms with van der Waals surface area (Å²) in [6.07, 6.45) is 0. The lowest BCUT2D eigenvalue weighted by Crippen LogP contribution is -2.47. The number of hydrogen-bond acceptors (Lipinski definition) is 3. The fourth-order valence-corrected chi connectivity index (χ4v) is 5.05. The molecule has 145 valence electrons. The van der Waals surface area contributed by atoms with Crippen molar-refractivity contribution in [3.8, 4) is 17.2 Å². The van der Waals surface area contributed by atoms with E-state index in [4.69, 9.17) is 13.9 Å². The third-order valence-corrected chi connectivity index (χ3v) is 6.69. The van der Waals surface area contributed by atoms with Crippen LogP contribution in [-0.4, -0.2) is 23.3 Å². The fourth-order valence-electron chi connectivity index (χ4n) is 3.07. The third kappa shape index (κ3) is 4.39. The molecule has 0 aliphatic heterocycles. The number of benzene rings is 3. The summed E-state index contributed by atoms with van der Waals surface area (Å²) in [7, 11) is 1.84. The zero-order valence-corrected chi connectivity index (χ0v) is 18.2. The molecule has 3 nitrogen and oxygen atoms in total. The summed E-state index contributed by atoms with van der Waals surface area (Å²) in [5.74, 6) is 2.25. The van der Waals surface area contributed by atoms with Crippen molar-refractivity contribution < 1.29 is 13.9 Å². The molecule has 0 atom stereocenters. The van der Waals surface area contributed by atoms with Gasteiger partial charge in [-0.15, -0.1) is 0 Å². The van der Waals surface area contributed by atoms with Gasteiger partial charge in [-0.2, -0.15) is 0 Å². The second-order valence-corrected chi connectivity index (χ2v) is 9.64. The predicted octanol–water partition coefficient (Wildman–Crippen LogP) is 4.19. The smallest absolute Gasteiger partial charge is 0.352 e. The van der Waals surface area contributed by atoms with Crippen molar-refractivity contribution in [1.82, 2.24) is 0 Å². The van der Waals surface area contributed by atoms with Crippen molar-refractivity contribution >= 4 is 19.4 Å². The molecule has 0 aromatic heterocycles. The van der Waals surface area contributed by atoms with Gasteiger partial charge in [-0.05, 0) is 21.9 Å². The summed E-state index contributed by atoms with van der Waals surface area (Å²) in [5, 5.41) is 2.38. The lowest BCUT2D eigenvalue weighted by molar-refractivity contribution is 0.374. The summed E-state index contributed by atoms with van der Waals surface area (Å²) in [5.41, 5.74) is 0.940. The number of methoxy groups -OCH3 is 2. The highest BCUT2D eigenvalue weighted by atomic mass is 28.3. The van der Waals surface area contributed by atoms with Gasteiger partial charge in [0.05, 0.1) is 14.2 Å². The van der Waals surface area contributed by atoms with Gasteiger partial charge in [0.2, 0.25) is 0 Å². The molecule has 0 heterocycles. The molecule has 0 fully saturated rings. The van der Waals surface area contributed by atoms with Gasteiger partial charge >= 0.3 is 9.04 Å². The van der Waals surface area contributed by atoms with E-state index in [2.05, 4.69) is 69.3 Å². The minimum Gasteiger partial charge on any atom is -0.530 e. The Balaban J connectivity index is 2.15. The Morgan fingerprint density at radius 3 is 1.68 bits per heavy atom. The molecule has 0 N–H and O–H groups in total. The van der Waals surface area contributed by atoms with Gasteiger partial charge < -0.3 is 13.9 Å². The van der Waals surface area contributed by atoms with Crippen molar-refractivity contribution in [3.05, 3.63) is 78.4 Å². The molecule has 3 rings (SSSR count). The number of rotatable bonds is 6. The SMILES string of the molecule is COc1cc(OC)c(O[Si](c2ccccc2)c2ccccc2)c(C(C)(C)C)c1. The van der Waals surface area contributed by atoms with Gasteiger partial charge in [-0.3, -0.25) is 0 Å². The molecule has 0 saturated heterocycles. The first-order chi connectivity index (χ1) is 13.4. The minimum atomic E-state index is -1.51. The first-order valence-electron chi connectivity index (χ1n) is 9.36. The topological polar surface area (TPSA) is 27.7 Å². The van der Waals surface area contributed by atoms with E-state index in [1.807, 2.05) is 24.3 Å². The quantitative estimate of drug-likeness (QED) is 0.590. The monoisotopic (exact) mass is 391 g/mol. The van der Waals surface area contributed by atoms with Gasteiger partial charge in [0.1, 0.15) is 5.75 Å². The van der Waals surface area contributed by atoms with Crippen LogP contribution in [0.2, 0.25) is 0 Å². The van der Waals surface area contributed by atoms with E-state index in [0.29, 0.717) is 5.75 Å². The van der Waals surface area contributed by atoms with E-state index in [9.17, 15) is 0 Å². The Bertz CT molecular complexity index is 863. The highest BCUT2D eigenvalue weighted by molar-refractivity contribution is 6.80. The van der Waals surface area contributed by atoms with E-state index in [0.717, 1.165) is 17.1 Å². The molecule has 1 radical (unpaired) electrons. The Morgan fingerprint density at radius 2 is 1.25 bits per heavy atom. The van der Waals surface area contributed by atoms with E-state index in [1.165, 1.54) is 10.4 Å². The molecule has 3 aromatic rings. The van der Waals surface area contributed by atoms with Crippen LogP contribution >= 0.6 is 0 Å². The molecule has 4 heteroatoms. The van der Waals surface area contributed by atoms with Crippen LogP contribution in [0.15, 0.2) is 72.8 Å². The summed E-state index contributed by atoms with van der Waals surface area (Å²) in [6.45, 7) is 6.52. The maximum absolute atomic E-state index is 6.79. The highest BCUT2D eigenvalue weighted by Gasteiger charge is 2.29. The van der Waals surface area contributed by atoms with Crippen LogP contribution in [0, 0.1) is 0 Å². The normalized spacial score (nSPS) is 11.4. The summed E-state index contributed by atoms with van der Waals surface area (Å²) >= 11 is 0. The first-order valence-corrected chi connectivity index (χ1v) is 10.8. The predicted molar refractivity (Wildman–Crippen MR) is 117 cm³/mol. The third-order valence-electron chi connectivity index (χ3n) is 4.57. The average molecular weight is 392 g/mol. The van der Waals surface area contributed by atoms with Crippen LogP contribution in [0.1, 0.15) is 26.3 Å². The van der Waals surface area contributed by atoms with E-state index in [-0.39, 0.29) is 5.41 Å². The molecule has 3 aromatic carbocycles. The van der Waals surface area contributed by atoms with Gasteiger partial charge in [-0.1, -0.05) is 81.4 Å². The zero-order valence-electron chi connectivity index (χ0n) is 17.2. The molecule has 0 aliphatic carbocycles. The Hall–Kier alpha value is -2.72. The summed E-state index contributed by atoms with van der Waals surface area (Å²) in [4.78, 5) is 0. The zero-order chi connectivity index (χ0) is 20.1. The van der Waals surface area contributed by atoms with Crippen molar-refractivity contribution in [2.24, 2.45) is 0 Å². The van der Waals surface area contributed by atoms with E-state index in [1.54, 1.807) is 14.2 Å². The molecule has 0 amide bonds. The molecule has 0 unspecified atom stereocenters. The molecular formula is C24H27O3Si. The van der Waals surface area contributed by atoms with Gasteiger partial charge in [0.25, 0.3) is 0 Å². The highest BCUT2D eigenvalue weighted by Crippen LogP contribution is 2.42. The van der Waals surface area contributed by atoms with Crippen LogP contribution in [0.25, 0.3) is 0 Å². The molecule has 28 heavy (non-hydrogen) atoms. The lowest BCUT2D eigenvalue weighted by atomic mass is 9.86. The van der Waals surface area contributed by atoms with Crippen molar-refractivity contribution in [1.29, 1.82) is 0 Å². The second-order valence-electron chi connectivity index (χ2n) is 7.62. The Labute approximate surface area is 169 Å². The van der Waals surface area contributed by atoms with Crippen LogP contribution in [-0.2, 0) is 5.41 Å². The molecule has 0 bridgehead atoms. The van der Waals surface area contributed by atoms with E-state index < -0.39 is 9.04 Å². The Kier molecular flexibility index (Phi) is 6.10. The second kappa shape index (κ2) is 8.53. The van der Waals surface area contributed by atoms with Crippen LogP contribution in [0.3, 0.4) is 0 Å². The number of ether oxygens (including phenoxy) is 2. The van der Waals surface area contributed by atoms with Crippen LogP contribution < -0.4 is 24.3 Å². The molecule has 0 aliphatic rings. The maximum Gasteiger partial charge on any atom is 0.352 e. The van der Waals surface area contributed by atoms with Gasteiger partial charge in [-0.25, -0.2) is 0 Å². The summed E-state index contributed by atoms with van der Waals surface area (Å²) in [6, 6.07) is 24.8. The standard InChI is InChI=1S/C24H27O3Si/c1-24(2,3)21-16-18(25-4)17-22(26-5)23(21)27-28(19-12-8-6-9-13-19)20-14-10-7-11-15-20/h6-17H,1-5H3. The number of hydrogen-bond donors (Lipinski definition) is 0. The van der Waals surface area contributed by atoms with Crippen LogP contribution in [0.4, 0.5) is 0 Å². The van der Waals surface area contributed by atoms with Crippen molar-refractivity contribution in [2.75, 3.05) is 14.2 Å². The lowest BCUT2D eigenvalue weighted by Gasteiger charge is -2.28. The van der Waals surface area contributed by atoms with Gasteiger partial charge in [0.15, 0.2) is 11.5 Å².